The van der Waals surface area contributed by atoms with Crippen LogP contribution in [0, 0.1) is 22.7 Å². The third-order valence-corrected chi connectivity index (χ3v) is 16.1. The molecular weight excluding hydrogens is 975 g/mol. The molecule has 4 aliphatic carbocycles. The number of imide groups is 1. The number of benzene rings is 2. The Kier molecular flexibility index (Phi) is 17.9. The Morgan fingerprint density at radius 3 is 2.01 bits per heavy atom. The summed E-state index contributed by atoms with van der Waals surface area (Å²) in [6.07, 6.45) is 0.795. The first-order valence-corrected chi connectivity index (χ1v) is 25.6. The van der Waals surface area contributed by atoms with E-state index in [0.717, 1.165) is 20.8 Å². The molecule has 20 heteroatoms. The molecule has 2 aromatic rings. The first-order chi connectivity index (χ1) is 35.1. The topological polar surface area (TPSA) is 215 Å². The van der Waals surface area contributed by atoms with E-state index in [9.17, 15) is 34.2 Å². The molecule has 0 spiro atoms. The molecular formula is C53H64F2N2O15S. The SMILES string of the molecule is C[C@]12C=CC(=O)C=C1[C@@H](F)CC1[C@@H]3C[C@H]4O[C@@H](c5ccc(Sc6cccc(NC(=O)CCOCCOCCOCCOCCOCCOCCN7C(=O)C=CC7=O)c6)cc5)O[C@@]4(C(=O)CO)[C@@]3(C)C[C@H](O)[C@@]12F. The van der Waals surface area contributed by atoms with Crippen LogP contribution in [0.4, 0.5) is 14.5 Å². The number of allylic oxidation sites excluding steroid dienone is 4. The number of nitrogens with zero attached hydrogens (tertiary/aromatic N) is 1. The van der Waals surface area contributed by atoms with Crippen LogP contribution >= 0.6 is 11.8 Å². The van der Waals surface area contributed by atoms with Gasteiger partial charge in [0.05, 0.1) is 104 Å². The number of Topliss-reactive ketones (excluding diaryl/α,β-unsaturated/α-hetero) is 1. The number of halogens is 2. The standard InChI is InChI=1S/C53H64F2N2O15S/c1-50-14-12-36(59)29-41(50)42(54)30-40-39-31-45-53(44(61)33-58,51(39,2)32-43(60)52(40,50)55)72-49(71-45)34-6-8-37(9-7-34)73-38-5-3-4-35(28-38)56-46(62)13-16-65-18-20-67-22-24-69-26-27-70-25-23-68-21-19-66-17-15-57-47(63)10-11-48(57)64/h3-12,14,28-29,39-40,42-43,45,49,58,60H,13,15-27,30-33H2,1-2H3,(H,56,62)/t39-,40?,42-,43-,45+,49+,50-,51-,52-,53+/m0/s1. The number of carbonyl (C=O) groups excluding carboxylic acids is 5. The number of ketones is 2. The Labute approximate surface area is 426 Å². The zero-order valence-corrected chi connectivity index (χ0v) is 41.8. The minimum Gasteiger partial charge on any atom is -0.390 e. The molecule has 8 rings (SSSR count). The zero-order chi connectivity index (χ0) is 51.8. The number of fused-ring (bicyclic) bond motifs is 7. The summed E-state index contributed by atoms with van der Waals surface area (Å²) >= 11 is 1.46. The van der Waals surface area contributed by atoms with Crippen molar-refractivity contribution in [3.05, 3.63) is 90.0 Å². The first-order valence-electron chi connectivity index (χ1n) is 24.8. The summed E-state index contributed by atoms with van der Waals surface area (Å²) < 4.78 is 79.7. The lowest BCUT2D eigenvalue weighted by Crippen LogP contribution is -2.70. The number of nitrogens with one attached hydrogen (secondary N) is 1. The maximum absolute atomic E-state index is 17.8. The molecule has 2 aliphatic heterocycles. The lowest BCUT2D eigenvalue weighted by atomic mass is 9.44. The molecule has 6 aliphatic rings. The minimum atomic E-state index is -2.34. The van der Waals surface area contributed by atoms with Crippen molar-refractivity contribution in [1.82, 2.24) is 4.90 Å². The predicted molar refractivity (Wildman–Crippen MR) is 259 cm³/mol. The van der Waals surface area contributed by atoms with Gasteiger partial charge in [-0.05, 0) is 80.2 Å². The smallest absolute Gasteiger partial charge is 0.253 e. The number of aliphatic hydroxyl groups excluding tert-OH is 2. The van der Waals surface area contributed by atoms with Gasteiger partial charge in [-0.1, -0.05) is 43.0 Å². The third kappa shape index (κ3) is 11.4. The third-order valence-electron chi connectivity index (χ3n) is 15.1. The van der Waals surface area contributed by atoms with Gasteiger partial charge in [0.2, 0.25) is 5.91 Å². The van der Waals surface area contributed by atoms with E-state index in [1.807, 2.05) is 42.5 Å². The van der Waals surface area contributed by atoms with Crippen molar-refractivity contribution in [2.24, 2.45) is 22.7 Å². The van der Waals surface area contributed by atoms with Gasteiger partial charge in [0, 0.05) is 49.9 Å². The van der Waals surface area contributed by atoms with Gasteiger partial charge in [0.1, 0.15) is 12.8 Å². The van der Waals surface area contributed by atoms with E-state index in [0.29, 0.717) is 77.3 Å². The normalized spacial score (nSPS) is 31.1. The number of aliphatic hydroxyl groups is 2. The lowest BCUT2D eigenvalue weighted by molar-refractivity contribution is -0.235. The van der Waals surface area contributed by atoms with Gasteiger partial charge in [-0.3, -0.25) is 28.9 Å². The molecule has 3 amide bonds. The summed E-state index contributed by atoms with van der Waals surface area (Å²) in [4.78, 5) is 64.7. The van der Waals surface area contributed by atoms with Gasteiger partial charge >= 0.3 is 0 Å². The van der Waals surface area contributed by atoms with Crippen LogP contribution in [0.5, 0.6) is 0 Å². The summed E-state index contributed by atoms with van der Waals surface area (Å²) in [6, 6.07) is 14.8. The Hall–Kier alpha value is -4.58. The fraction of sp³-hybridized carbons (Fsp3) is 0.566. The highest BCUT2D eigenvalue weighted by Crippen LogP contribution is 2.72. The Morgan fingerprint density at radius 1 is 0.795 bits per heavy atom. The van der Waals surface area contributed by atoms with Crippen LogP contribution in [0.15, 0.2) is 94.3 Å². The molecule has 3 N–H and O–H groups in total. The molecule has 10 atom stereocenters. The second-order valence-electron chi connectivity index (χ2n) is 19.3. The lowest BCUT2D eigenvalue weighted by Gasteiger charge is -2.63. The van der Waals surface area contributed by atoms with Gasteiger partial charge in [0.15, 0.2) is 29.1 Å². The largest absolute Gasteiger partial charge is 0.390 e. The first kappa shape index (κ1) is 54.7. The number of rotatable bonds is 27. The van der Waals surface area contributed by atoms with Crippen molar-refractivity contribution in [2.75, 3.05) is 97.8 Å². The van der Waals surface area contributed by atoms with E-state index in [-0.39, 0.29) is 68.7 Å². The summed E-state index contributed by atoms with van der Waals surface area (Å²) in [6.45, 7) is 6.81. The molecule has 1 saturated heterocycles. The maximum Gasteiger partial charge on any atom is 0.253 e. The van der Waals surface area contributed by atoms with E-state index in [4.69, 9.17) is 37.9 Å². The van der Waals surface area contributed by atoms with Crippen molar-refractivity contribution in [3.63, 3.8) is 0 Å². The van der Waals surface area contributed by atoms with E-state index in [1.165, 1.54) is 43.0 Å². The quantitative estimate of drug-likeness (QED) is 0.0807. The number of anilines is 1. The molecule has 4 fully saturated rings. The fourth-order valence-electron chi connectivity index (χ4n) is 11.6. The zero-order valence-electron chi connectivity index (χ0n) is 41.0. The molecule has 17 nitrogen and oxygen atoms in total. The second-order valence-corrected chi connectivity index (χ2v) is 20.5. The van der Waals surface area contributed by atoms with Crippen molar-refractivity contribution in [3.8, 4) is 0 Å². The Balaban J connectivity index is 0.703. The van der Waals surface area contributed by atoms with Gasteiger partial charge in [-0.2, -0.15) is 0 Å². The number of ether oxygens (including phenoxy) is 8. The molecule has 2 aromatic carbocycles. The molecule has 2 heterocycles. The van der Waals surface area contributed by atoms with E-state index in [1.54, 1.807) is 13.0 Å². The molecule has 1 unspecified atom stereocenters. The average Bonchev–Trinajstić information content (AvgIpc) is 4.00. The van der Waals surface area contributed by atoms with E-state index >= 15 is 8.78 Å². The minimum absolute atomic E-state index is 0.0115. The van der Waals surface area contributed by atoms with Crippen molar-refractivity contribution >= 4 is 46.7 Å². The van der Waals surface area contributed by atoms with Gasteiger partial charge in [-0.25, -0.2) is 8.78 Å². The molecule has 0 aromatic heterocycles. The Morgan fingerprint density at radius 2 is 1.40 bits per heavy atom. The van der Waals surface area contributed by atoms with Crippen LogP contribution in [0.2, 0.25) is 0 Å². The van der Waals surface area contributed by atoms with Crippen LogP contribution in [0.25, 0.3) is 0 Å². The van der Waals surface area contributed by atoms with Crippen molar-refractivity contribution in [1.29, 1.82) is 0 Å². The fourth-order valence-corrected chi connectivity index (χ4v) is 12.5. The summed E-state index contributed by atoms with van der Waals surface area (Å²) in [5.74, 6) is -3.64. The van der Waals surface area contributed by atoms with E-state index in [2.05, 4.69) is 5.32 Å². The van der Waals surface area contributed by atoms with Gasteiger partial charge in [-0.15, -0.1) is 0 Å². The number of amides is 3. The number of alkyl halides is 2. The highest BCUT2D eigenvalue weighted by Gasteiger charge is 2.80. The number of carbonyl (C=O) groups is 5. The summed E-state index contributed by atoms with van der Waals surface area (Å²) in [7, 11) is 0. The van der Waals surface area contributed by atoms with Crippen molar-refractivity contribution < 1.29 is 80.9 Å². The monoisotopic (exact) mass is 1040 g/mol. The van der Waals surface area contributed by atoms with Crippen LogP contribution in [0.1, 0.15) is 51.4 Å². The van der Waals surface area contributed by atoms with Gasteiger partial charge in [0.25, 0.3) is 11.8 Å². The Bertz CT molecular complexity index is 2410. The van der Waals surface area contributed by atoms with Crippen LogP contribution < -0.4 is 5.32 Å². The highest BCUT2D eigenvalue weighted by atomic mass is 32.2. The van der Waals surface area contributed by atoms with Crippen LogP contribution in [-0.4, -0.2) is 166 Å². The average molecular weight is 1040 g/mol. The van der Waals surface area contributed by atoms with E-state index < -0.39 is 76.8 Å². The van der Waals surface area contributed by atoms with Crippen LogP contribution in [0.3, 0.4) is 0 Å². The second kappa shape index (κ2) is 24.0. The number of hydrogen-bond donors (Lipinski definition) is 3. The number of hydrogen-bond acceptors (Lipinski definition) is 16. The summed E-state index contributed by atoms with van der Waals surface area (Å²) in [5.41, 5.74) is -5.65. The molecule has 396 valence electrons. The summed E-state index contributed by atoms with van der Waals surface area (Å²) in [5, 5.41) is 25.0. The molecule has 3 saturated carbocycles. The van der Waals surface area contributed by atoms with Crippen LogP contribution in [-0.2, 0) is 61.9 Å². The molecule has 0 bridgehead atoms. The maximum atomic E-state index is 17.8. The molecule has 0 radical (unpaired) electrons. The van der Waals surface area contributed by atoms with Gasteiger partial charge < -0.3 is 53.4 Å². The van der Waals surface area contributed by atoms with Crippen molar-refractivity contribution in [2.45, 2.75) is 85.3 Å². The predicted octanol–water partition coefficient (Wildman–Crippen LogP) is 4.83. The molecule has 73 heavy (non-hydrogen) atoms. The highest BCUT2D eigenvalue weighted by molar-refractivity contribution is 7.99.